The number of hydrogen-bond acceptors (Lipinski definition) is 2. The third-order valence-electron chi connectivity index (χ3n) is 4.95. The maximum absolute atomic E-state index is 13.0. The second kappa shape index (κ2) is 5.17. The van der Waals surface area contributed by atoms with Crippen molar-refractivity contribution in [2.75, 3.05) is 5.32 Å². The third kappa shape index (κ3) is 2.43. The van der Waals surface area contributed by atoms with Crippen molar-refractivity contribution < 1.29 is 9.59 Å². The van der Waals surface area contributed by atoms with Crippen LogP contribution in [0.15, 0.2) is 24.3 Å². The topological polar surface area (TPSA) is 49.4 Å². The molecule has 1 aliphatic carbocycles. The second-order valence-electron chi connectivity index (χ2n) is 6.52. The molecule has 112 valence electrons. The first-order chi connectivity index (χ1) is 10.0. The lowest BCUT2D eigenvalue weighted by Crippen LogP contribution is -2.48. The van der Waals surface area contributed by atoms with Gasteiger partial charge in [-0.1, -0.05) is 38.0 Å². The van der Waals surface area contributed by atoms with Crippen molar-refractivity contribution in [2.45, 2.75) is 52.1 Å². The fourth-order valence-electron chi connectivity index (χ4n) is 3.44. The monoisotopic (exact) mass is 286 g/mol. The molecule has 1 heterocycles. The number of hydrogen-bond donors (Lipinski definition) is 1. The van der Waals surface area contributed by atoms with Gasteiger partial charge in [-0.3, -0.25) is 9.59 Å². The van der Waals surface area contributed by atoms with Crippen molar-refractivity contribution in [1.82, 2.24) is 4.90 Å². The van der Waals surface area contributed by atoms with Crippen LogP contribution in [-0.2, 0) is 16.1 Å². The fourth-order valence-corrected chi connectivity index (χ4v) is 3.44. The molecule has 4 nitrogen and oxygen atoms in total. The summed E-state index contributed by atoms with van der Waals surface area (Å²) in [6.45, 7) is 4.37. The molecule has 1 aliphatic heterocycles. The molecule has 0 bridgehead atoms. The van der Waals surface area contributed by atoms with Crippen LogP contribution in [0.4, 0.5) is 5.69 Å². The molecule has 1 saturated carbocycles. The van der Waals surface area contributed by atoms with E-state index in [-0.39, 0.29) is 17.2 Å². The maximum Gasteiger partial charge on any atom is 0.246 e. The highest BCUT2D eigenvalue weighted by atomic mass is 16.2. The van der Waals surface area contributed by atoms with Crippen molar-refractivity contribution >= 4 is 17.5 Å². The Morgan fingerprint density at radius 3 is 2.67 bits per heavy atom. The van der Waals surface area contributed by atoms with Crippen LogP contribution in [0.3, 0.4) is 0 Å². The zero-order valence-electron chi connectivity index (χ0n) is 12.7. The van der Waals surface area contributed by atoms with Crippen LogP contribution < -0.4 is 5.32 Å². The van der Waals surface area contributed by atoms with Crippen molar-refractivity contribution in [2.24, 2.45) is 5.41 Å². The minimum absolute atomic E-state index is 0.102. The predicted molar refractivity (Wildman–Crippen MR) is 81.7 cm³/mol. The highest BCUT2D eigenvalue weighted by molar-refractivity contribution is 5.99. The molecule has 1 fully saturated rings. The molecule has 21 heavy (non-hydrogen) atoms. The van der Waals surface area contributed by atoms with Crippen LogP contribution >= 0.6 is 0 Å². The molecule has 2 aliphatic rings. The van der Waals surface area contributed by atoms with E-state index in [1.807, 2.05) is 38.1 Å². The van der Waals surface area contributed by atoms with Gasteiger partial charge in [0.15, 0.2) is 0 Å². The van der Waals surface area contributed by atoms with E-state index in [9.17, 15) is 9.59 Å². The summed E-state index contributed by atoms with van der Waals surface area (Å²) in [6, 6.07) is 7.29. The number of fused-ring (bicyclic) bond motifs is 1. The fraction of sp³-hybridized carbons (Fsp3) is 0.529. The van der Waals surface area contributed by atoms with Gasteiger partial charge in [-0.05, 0) is 31.4 Å². The number of carbonyl (C=O) groups excluding carboxylic acids is 2. The van der Waals surface area contributed by atoms with E-state index in [1.54, 1.807) is 4.90 Å². The van der Waals surface area contributed by atoms with Crippen LogP contribution in [0.5, 0.6) is 0 Å². The molecular formula is C17H22N2O2. The molecule has 1 atom stereocenters. The largest absolute Gasteiger partial charge is 0.326 e. The summed E-state index contributed by atoms with van der Waals surface area (Å²) in [4.78, 5) is 27.0. The van der Waals surface area contributed by atoms with Gasteiger partial charge in [-0.15, -0.1) is 0 Å². The first-order valence-electron chi connectivity index (χ1n) is 7.71. The maximum atomic E-state index is 13.0. The van der Waals surface area contributed by atoms with Gasteiger partial charge < -0.3 is 10.2 Å². The number of rotatable bonds is 1. The minimum Gasteiger partial charge on any atom is -0.326 e. The first-order valence-corrected chi connectivity index (χ1v) is 7.71. The van der Waals surface area contributed by atoms with Gasteiger partial charge in [0.1, 0.15) is 6.04 Å². The SMILES string of the molecule is CC1C(=O)Nc2ccccc2CN1C(=O)C1(C)CCCC1. The quantitative estimate of drug-likeness (QED) is 0.863. The molecule has 1 aromatic carbocycles. The van der Waals surface area contributed by atoms with Crippen LogP contribution in [0.1, 0.15) is 45.1 Å². The summed E-state index contributed by atoms with van der Waals surface area (Å²) in [5, 5.41) is 2.93. The Labute approximate surface area is 125 Å². The molecular weight excluding hydrogens is 264 g/mol. The Hall–Kier alpha value is -1.84. The van der Waals surface area contributed by atoms with Crippen LogP contribution in [-0.4, -0.2) is 22.8 Å². The summed E-state index contributed by atoms with van der Waals surface area (Å²) in [6.07, 6.45) is 4.07. The van der Waals surface area contributed by atoms with E-state index in [0.717, 1.165) is 36.9 Å². The second-order valence-corrected chi connectivity index (χ2v) is 6.52. The van der Waals surface area contributed by atoms with Gasteiger partial charge in [0.05, 0.1) is 0 Å². The van der Waals surface area contributed by atoms with Gasteiger partial charge in [-0.2, -0.15) is 0 Å². The zero-order chi connectivity index (χ0) is 15.0. The molecule has 1 unspecified atom stereocenters. The van der Waals surface area contributed by atoms with Gasteiger partial charge in [0.2, 0.25) is 11.8 Å². The Bertz CT molecular complexity index is 576. The van der Waals surface area contributed by atoms with Crippen LogP contribution in [0.25, 0.3) is 0 Å². The number of benzene rings is 1. The van der Waals surface area contributed by atoms with Crippen molar-refractivity contribution in [3.8, 4) is 0 Å². The zero-order valence-corrected chi connectivity index (χ0v) is 12.7. The molecule has 0 radical (unpaired) electrons. The number of nitrogens with zero attached hydrogens (tertiary/aromatic N) is 1. The molecule has 2 amide bonds. The van der Waals surface area contributed by atoms with Gasteiger partial charge >= 0.3 is 0 Å². The minimum atomic E-state index is -0.428. The van der Waals surface area contributed by atoms with E-state index in [4.69, 9.17) is 0 Å². The molecule has 3 rings (SSSR count). The Morgan fingerprint density at radius 1 is 1.29 bits per heavy atom. The summed E-state index contributed by atoms with van der Waals surface area (Å²) in [7, 11) is 0. The van der Waals surface area contributed by atoms with Crippen molar-refractivity contribution in [3.05, 3.63) is 29.8 Å². The number of anilines is 1. The van der Waals surface area contributed by atoms with E-state index < -0.39 is 6.04 Å². The van der Waals surface area contributed by atoms with Gasteiger partial charge in [0, 0.05) is 17.6 Å². The van der Waals surface area contributed by atoms with Crippen LogP contribution in [0, 0.1) is 5.41 Å². The summed E-state index contributed by atoms with van der Waals surface area (Å²) < 4.78 is 0. The Balaban J connectivity index is 1.94. The Kier molecular flexibility index (Phi) is 3.47. The normalized spacial score (nSPS) is 24.2. The van der Waals surface area contributed by atoms with E-state index in [1.165, 1.54) is 0 Å². The van der Waals surface area contributed by atoms with Crippen LogP contribution in [0.2, 0.25) is 0 Å². The number of nitrogens with one attached hydrogen (secondary N) is 1. The Morgan fingerprint density at radius 2 is 1.95 bits per heavy atom. The first kappa shape index (κ1) is 14.1. The third-order valence-corrected chi connectivity index (χ3v) is 4.95. The van der Waals surface area contributed by atoms with Crippen molar-refractivity contribution in [3.63, 3.8) is 0 Å². The number of para-hydroxylation sites is 1. The number of carbonyl (C=O) groups is 2. The predicted octanol–water partition coefficient (Wildman–Crippen LogP) is 2.94. The number of amides is 2. The standard InChI is InChI=1S/C17H22N2O2/c1-12-15(20)18-14-8-4-3-7-13(14)11-19(12)16(21)17(2)9-5-6-10-17/h3-4,7-8,12H,5-6,9-11H2,1-2H3,(H,18,20). The lowest BCUT2D eigenvalue weighted by molar-refractivity contribution is -0.146. The molecule has 4 heteroatoms. The van der Waals surface area contributed by atoms with E-state index in [2.05, 4.69) is 5.32 Å². The average Bonchev–Trinajstić information content (AvgIpc) is 2.88. The van der Waals surface area contributed by atoms with E-state index in [0.29, 0.717) is 6.54 Å². The molecule has 1 aromatic rings. The summed E-state index contributed by atoms with van der Waals surface area (Å²) in [5.74, 6) is 0.0225. The lowest BCUT2D eigenvalue weighted by Gasteiger charge is -2.33. The lowest BCUT2D eigenvalue weighted by atomic mass is 9.86. The summed E-state index contributed by atoms with van der Waals surface area (Å²) >= 11 is 0. The summed E-state index contributed by atoms with van der Waals surface area (Å²) in [5.41, 5.74) is 1.53. The highest BCUT2D eigenvalue weighted by Gasteiger charge is 2.42. The molecule has 1 N–H and O–H groups in total. The van der Waals surface area contributed by atoms with Crippen molar-refractivity contribution in [1.29, 1.82) is 0 Å². The molecule has 0 spiro atoms. The average molecular weight is 286 g/mol. The van der Waals surface area contributed by atoms with Gasteiger partial charge in [-0.25, -0.2) is 0 Å². The van der Waals surface area contributed by atoms with Gasteiger partial charge in [0.25, 0.3) is 0 Å². The smallest absolute Gasteiger partial charge is 0.246 e. The van der Waals surface area contributed by atoms with E-state index >= 15 is 0 Å². The molecule has 0 saturated heterocycles. The molecule has 0 aromatic heterocycles. The highest BCUT2D eigenvalue weighted by Crippen LogP contribution is 2.40.